The lowest BCUT2D eigenvalue weighted by atomic mass is 10.1. The van der Waals surface area contributed by atoms with Gasteiger partial charge in [0.15, 0.2) is 15.8 Å². The molecule has 0 atom stereocenters. The van der Waals surface area contributed by atoms with E-state index in [4.69, 9.17) is 4.99 Å². The second-order valence-corrected chi connectivity index (χ2v) is 8.69. The Labute approximate surface area is 156 Å². The number of piperazine rings is 1. The van der Waals surface area contributed by atoms with Gasteiger partial charge in [-0.25, -0.2) is 13.4 Å². The third-order valence-corrected chi connectivity index (χ3v) is 5.08. The number of sulfone groups is 1. The number of benzene rings is 1. The fraction of sp³-hybridized carbons (Fsp3) is 0.556. The van der Waals surface area contributed by atoms with Crippen LogP contribution in [-0.4, -0.2) is 69.1 Å². The van der Waals surface area contributed by atoms with Crippen LogP contribution >= 0.6 is 0 Å². The summed E-state index contributed by atoms with van der Waals surface area (Å²) >= 11 is 0. The third kappa shape index (κ3) is 6.33. The first-order valence-corrected chi connectivity index (χ1v) is 10.9. The summed E-state index contributed by atoms with van der Waals surface area (Å²) in [5, 5.41) is 3.30. The van der Waals surface area contributed by atoms with Gasteiger partial charge in [0.05, 0.1) is 12.3 Å². The summed E-state index contributed by atoms with van der Waals surface area (Å²) in [5.74, 6) is 1.01. The third-order valence-electron chi connectivity index (χ3n) is 4.22. The van der Waals surface area contributed by atoms with E-state index in [2.05, 4.69) is 10.2 Å². The molecule has 1 aromatic rings. The quantitative estimate of drug-likeness (QED) is 0.605. The lowest BCUT2D eigenvalue weighted by molar-refractivity contribution is -0.130. The molecule has 1 saturated heterocycles. The number of amides is 1. The highest BCUT2D eigenvalue weighted by Crippen LogP contribution is 2.10. The van der Waals surface area contributed by atoms with Crippen LogP contribution in [0.3, 0.4) is 0 Å². The van der Waals surface area contributed by atoms with E-state index < -0.39 is 9.84 Å². The maximum absolute atomic E-state index is 11.4. The van der Waals surface area contributed by atoms with Crippen LogP contribution in [0.2, 0.25) is 0 Å². The molecule has 0 spiro atoms. The molecule has 26 heavy (non-hydrogen) atoms. The summed E-state index contributed by atoms with van der Waals surface area (Å²) in [4.78, 5) is 20.2. The van der Waals surface area contributed by atoms with Gasteiger partial charge in [-0.15, -0.1) is 0 Å². The van der Waals surface area contributed by atoms with E-state index in [1.165, 1.54) is 6.26 Å². The van der Waals surface area contributed by atoms with Crippen molar-refractivity contribution in [3.63, 3.8) is 0 Å². The number of carbonyl (C=O) groups is 1. The van der Waals surface area contributed by atoms with Crippen molar-refractivity contribution >= 4 is 21.7 Å². The van der Waals surface area contributed by atoms with E-state index in [0.717, 1.165) is 36.7 Å². The summed E-state index contributed by atoms with van der Waals surface area (Å²) in [5.41, 5.74) is 1.81. The molecule has 1 aliphatic heterocycles. The molecule has 1 heterocycles. The fourth-order valence-corrected chi connectivity index (χ4v) is 3.67. The number of carbonyl (C=O) groups excluding carboxylic acids is 1. The second kappa shape index (κ2) is 9.02. The molecule has 1 fully saturated rings. The first-order valence-electron chi connectivity index (χ1n) is 8.83. The van der Waals surface area contributed by atoms with E-state index in [1.807, 2.05) is 36.1 Å². The molecule has 0 unspecified atom stereocenters. The lowest BCUT2D eigenvalue weighted by Gasteiger charge is -2.36. The standard InChI is InChI=1S/C18H28N4O3S/c1-4-19-18(22-11-9-21(10-12-22)15(2)23)20-13-16-5-7-17(8-6-16)14-26(3,24)25/h5-8H,4,9-14H2,1-3H3,(H,19,20). The molecule has 1 aromatic carbocycles. The van der Waals surface area contributed by atoms with E-state index in [-0.39, 0.29) is 11.7 Å². The summed E-state index contributed by atoms with van der Waals surface area (Å²) in [6, 6.07) is 7.51. The van der Waals surface area contributed by atoms with Gasteiger partial charge in [-0.2, -0.15) is 0 Å². The highest BCUT2D eigenvalue weighted by Gasteiger charge is 2.20. The van der Waals surface area contributed by atoms with Crippen LogP contribution in [0.5, 0.6) is 0 Å². The monoisotopic (exact) mass is 380 g/mol. The molecule has 1 aliphatic rings. The van der Waals surface area contributed by atoms with Crippen LogP contribution in [0.4, 0.5) is 0 Å². The predicted octanol–water partition coefficient (Wildman–Crippen LogP) is 0.861. The summed E-state index contributed by atoms with van der Waals surface area (Å²) in [7, 11) is -3.02. The maximum Gasteiger partial charge on any atom is 0.219 e. The van der Waals surface area contributed by atoms with Crippen molar-refractivity contribution in [1.29, 1.82) is 0 Å². The number of aliphatic imine (C=N–C) groups is 1. The first-order chi connectivity index (χ1) is 12.3. The summed E-state index contributed by atoms with van der Waals surface area (Å²) in [6.45, 7) is 7.87. The van der Waals surface area contributed by atoms with Crippen molar-refractivity contribution < 1.29 is 13.2 Å². The first kappa shape index (κ1) is 20.2. The van der Waals surface area contributed by atoms with Crippen molar-refractivity contribution in [2.45, 2.75) is 26.1 Å². The van der Waals surface area contributed by atoms with Crippen LogP contribution in [0, 0.1) is 0 Å². The Morgan fingerprint density at radius 3 is 2.12 bits per heavy atom. The molecule has 8 heteroatoms. The summed E-state index contributed by atoms with van der Waals surface area (Å²) < 4.78 is 22.7. The molecule has 0 aromatic heterocycles. The average Bonchev–Trinajstić information content (AvgIpc) is 2.58. The van der Waals surface area contributed by atoms with Gasteiger partial charge in [0.2, 0.25) is 5.91 Å². The zero-order valence-electron chi connectivity index (χ0n) is 15.7. The Hall–Kier alpha value is -2.09. The Kier molecular flexibility index (Phi) is 7.02. The van der Waals surface area contributed by atoms with Gasteiger partial charge in [-0.1, -0.05) is 24.3 Å². The number of rotatable bonds is 5. The van der Waals surface area contributed by atoms with Gasteiger partial charge >= 0.3 is 0 Å². The molecule has 1 N–H and O–H groups in total. The van der Waals surface area contributed by atoms with Crippen molar-refractivity contribution in [3.05, 3.63) is 35.4 Å². The van der Waals surface area contributed by atoms with E-state index in [0.29, 0.717) is 19.6 Å². The Bertz CT molecular complexity index is 736. The SMILES string of the molecule is CCNC(=NCc1ccc(CS(C)(=O)=O)cc1)N1CCN(C(C)=O)CC1. The normalized spacial score (nSPS) is 15.9. The van der Waals surface area contributed by atoms with Crippen molar-refractivity contribution in [3.8, 4) is 0 Å². The highest BCUT2D eigenvalue weighted by atomic mass is 32.2. The molecular formula is C18H28N4O3S. The minimum Gasteiger partial charge on any atom is -0.357 e. The predicted molar refractivity (Wildman–Crippen MR) is 104 cm³/mol. The van der Waals surface area contributed by atoms with Crippen molar-refractivity contribution in [2.75, 3.05) is 39.0 Å². The van der Waals surface area contributed by atoms with Gasteiger partial charge < -0.3 is 15.1 Å². The number of hydrogen-bond donors (Lipinski definition) is 1. The van der Waals surface area contributed by atoms with Gasteiger partial charge in [0.25, 0.3) is 0 Å². The van der Waals surface area contributed by atoms with Gasteiger partial charge in [-0.3, -0.25) is 4.79 Å². The van der Waals surface area contributed by atoms with E-state index in [1.54, 1.807) is 6.92 Å². The molecule has 2 rings (SSSR count). The van der Waals surface area contributed by atoms with Gasteiger partial charge in [0.1, 0.15) is 0 Å². The average molecular weight is 381 g/mol. The molecular weight excluding hydrogens is 352 g/mol. The van der Waals surface area contributed by atoms with Crippen LogP contribution < -0.4 is 5.32 Å². The smallest absolute Gasteiger partial charge is 0.219 e. The zero-order valence-corrected chi connectivity index (χ0v) is 16.6. The van der Waals surface area contributed by atoms with Gasteiger partial charge in [-0.05, 0) is 18.1 Å². The number of guanidine groups is 1. The molecule has 144 valence electrons. The molecule has 7 nitrogen and oxygen atoms in total. The van der Waals surface area contributed by atoms with E-state index in [9.17, 15) is 13.2 Å². The Morgan fingerprint density at radius 1 is 1.08 bits per heavy atom. The number of hydrogen-bond acceptors (Lipinski definition) is 4. The maximum atomic E-state index is 11.4. The molecule has 1 amide bonds. The highest BCUT2D eigenvalue weighted by molar-refractivity contribution is 7.89. The van der Waals surface area contributed by atoms with Crippen LogP contribution in [0.25, 0.3) is 0 Å². The lowest BCUT2D eigenvalue weighted by Crippen LogP contribution is -2.53. The van der Waals surface area contributed by atoms with E-state index >= 15 is 0 Å². The fourth-order valence-electron chi connectivity index (χ4n) is 2.87. The Balaban J connectivity index is 1.99. The molecule has 0 radical (unpaired) electrons. The Morgan fingerprint density at radius 2 is 1.62 bits per heavy atom. The number of nitrogens with zero attached hydrogens (tertiary/aromatic N) is 3. The van der Waals surface area contributed by atoms with Crippen molar-refractivity contribution in [1.82, 2.24) is 15.1 Å². The molecule has 0 saturated carbocycles. The minimum absolute atomic E-state index is 0.0552. The number of nitrogens with one attached hydrogen (secondary N) is 1. The van der Waals surface area contributed by atoms with Crippen LogP contribution in [0.1, 0.15) is 25.0 Å². The van der Waals surface area contributed by atoms with Crippen LogP contribution in [-0.2, 0) is 26.9 Å². The zero-order chi connectivity index (χ0) is 19.2. The summed E-state index contributed by atoms with van der Waals surface area (Å²) in [6.07, 6.45) is 1.24. The molecule has 0 aliphatic carbocycles. The molecule has 0 bridgehead atoms. The second-order valence-electron chi connectivity index (χ2n) is 6.55. The van der Waals surface area contributed by atoms with Gasteiger partial charge in [0, 0.05) is 45.9 Å². The van der Waals surface area contributed by atoms with Crippen LogP contribution in [0.15, 0.2) is 29.3 Å². The topological polar surface area (TPSA) is 82.1 Å². The minimum atomic E-state index is -3.02. The van der Waals surface area contributed by atoms with Crippen molar-refractivity contribution in [2.24, 2.45) is 4.99 Å². The largest absolute Gasteiger partial charge is 0.357 e.